The van der Waals surface area contributed by atoms with Gasteiger partial charge in [-0.25, -0.2) is 22.3 Å². The van der Waals surface area contributed by atoms with Crippen LogP contribution < -0.4 is 10.0 Å². The minimum absolute atomic E-state index is 0.183. The van der Waals surface area contributed by atoms with Crippen molar-refractivity contribution >= 4 is 27.4 Å². The first-order valence-electron chi connectivity index (χ1n) is 9.72. The van der Waals surface area contributed by atoms with Gasteiger partial charge in [-0.1, -0.05) is 6.07 Å². The Morgan fingerprint density at radius 1 is 1.09 bits per heavy atom. The molecule has 0 fully saturated rings. The summed E-state index contributed by atoms with van der Waals surface area (Å²) < 4.78 is 42.0. The molecule has 0 aliphatic carbocycles. The van der Waals surface area contributed by atoms with E-state index in [1.807, 2.05) is 6.20 Å². The molecule has 0 saturated carbocycles. The summed E-state index contributed by atoms with van der Waals surface area (Å²) in [5, 5.41) is 6.87. The molecule has 0 unspecified atom stereocenters. The van der Waals surface area contributed by atoms with E-state index in [4.69, 9.17) is 0 Å². The van der Waals surface area contributed by atoms with Gasteiger partial charge in [0.2, 0.25) is 0 Å². The second-order valence-electron chi connectivity index (χ2n) is 6.97. The highest BCUT2D eigenvalue weighted by Gasteiger charge is 2.15. The Morgan fingerprint density at radius 2 is 1.91 bits per heavy atom. The SMILES string of the molecule is O=C(NCCCc1cnc2ncnn2c1)c1ccc(NS(=O)(=O)c2cccc(F)c2)cc1. The van der Waals surface area contributed by atoms with E-state index in [0.717, 1.165) is 11.6 Å². The van der Waals surface area contributed by atoms with Crippen LogP contribution in [0.25, 0.3) is 5.78 Å². The Hall–Kier alpha value is -3.86. The molecule has 2 heterocycles. The van der Waals surface area contributed by atoms with Crippen molar-refractivity contribution in [3.63, 3.8) is 0 Å². The largest absolute Gasteiger partial charge is 0.352 e. The number of nitrogens with one attached hydrogen (secondary N) is 2. The molecule has 1 amide bonds. The highest BCUT2D eigenvalue weighted by atomic mass is 32.2. The maximum atomic E-state index is 13.3. The lowest BCUT2D eigenvalue weighted by atomic mass is 10.1. The zero-order valence-corrected chi connectivity index (χ0v) is 17.6. The Morgan fingerprint density at radius 3 is 2.69 bits per heavy atom. The first-order chi connectivity index (χ1) is 15.4. The summed E-state index contributed by atoms with van der Waals surface area (Å²) in [7, 11) is -3.93. The van der Waals surface area contributed by atoms with Gasteiger partial charge in [0.05, 0.1) is 4.90 Å². The fourth-order valence-corrected chi connectivity index (χ4v) is 4.11. The summed E-state index contributed by atoms with van der Waals surface area (Å²) in [5.41, 5.74) is 1.64. The number of hydrogen-bond donors (Lipinski definition) is 2. The predicted octanol–water partition coefficient (Wildman–Crippen LogP) is 2.43. The molecule has 2 aromatic carbocycles. The number of carbonyl (C=O) groups excluding carboxylic acids is 1. The fraction of sp³-hybridized carbons (Fsp3) is 0.143. The van der Waals surface area contributed by atoms with Gasteiger partial charge in [0, 0.05) is 30.2 Å². The highest BCUT2D eigenvalue weighted by molar-refractivity contribution is 7.92. The molecular weight excluding hydrogens is 435 g/mol. The number of fused-ring (bicyclic) bond motifs is 1. The molecule has 164 valence electrons. The number of amides is 1. The van der Waals surface area contributed by atoms with Crippen LogP contribution in [0.5, 0.6) is 0 Å². The van der Waals surface area contributed by atoms with E-state index in [1.165, 1.54) is 48.8 Å². The molecule has 0 saturated heterocycles. The lowest BCUT2D eigenvalue weighted by Crippen LogP contribution is -2.24. The fourth-order valence-electron chi connectivity index (χ4n) is 3.02. The maximum absolute atomic E-state index is 13.3. The summed E-state index contributed by atoms with van der Waals surface area (Å²) in [4.78, 5) is 20.3. The number of halogens is 1. The molecule has 11 heteroatoms. The highest BCUT2D eigenvalue weighted by Crippen LogP contribution is 2.17. The van der Waals surface area contributed by atoms with Crippen molar-refractivity contribution in [1.82, 2.24) is 24.9 Å². The van der Waals surface area contributed by atoms with Crippen LogP contribution in [-0.4, -0.2) is 40.5 Å². The number of sulfonamides is 1. The van der Waals surface area contributed by atoms with Gasteiger partial charge >= 0.3 is 0 Å². The van der Waals surface area contributed by atoms with Crippen molar-refractivity contribution in [3.8, 4) is 0 Å². The first-order valence-corrected chi connectivity index (χ1v) is 11.2. The van der Waals surface area contributed by atoms with Gasteiger partial charge < -0.3 is 5.32 Å². The summed E-state index contributed by atoms with van der Waals surface area (Å²) in [6.45, 7) is 0.460. The molecule has 0 aliphatic rings. The molecule has 0 aliphatic heterocycles. The van der Waals surface area contributed by atoms with Crippen LogP contribution in [0.15, 0.2) is 72.1 Å². The maximum Gasteiger partial charge on any atom is 0.261 e. The second-order valence-corrected chi connectivity index (χ2v) is 8.65. The van der Waals surface area contributed by atoms with E-state index < -0.39 is 15.8 Å². The lowest BCUT2D eigenvalue weighted by Gasteiger charge is -2.09. The molecule has 2 aromatic heterocycles. The van der Waals surface area contributed by atoms with Crippen LogP contribution in [-0.2, 0) is 16.4 Å². The summed E-state index contributed by atoms with van der Waals surface area (Å²) in [5.74, 6) is -0.381. The van der Waals surface area contributed by atoms with Crippen LogP contribution in [0.3, 0.4) is 0 Å². The van der Waals surface area contributed by atoms with Gasteiger partial charge in [-0.2, -0.15) is 10.1 Å². The number of aryl methyl sites for hydroxylation is 1. The van der Waals surface area contributed by atoms with Crippen LogP contribution in [0.4, 0.5) is 10.1 Å². The molecule has 0 spiro atoms. The number of carbonyl (C=O) groups is 1. The minimum atomic E-state index is -3.93. The van der Waals surface area contributed by atoms with Crippen molar-refractivity contribution in [2.75, 3.05) is 11.3 Å². The Kier molecular flexibility index (Phi) is 6.08. The van der Waals surface area contributed by atoms with E-state index >= 15 is 0 Å². The standard InChI is InChI=1S/C21H19FN6O3S/c22-17-4-1-5-19(11-17)32(30,31)27-18-8-6-16(7-9-18)20(29)23-10-2-3-15-12-24-21-25-14-26-28(21)13-15/h1,4-9,11-14,27H,2-3,10H2,(H,23,29). The molecule has 0 bridgehead atoms. The van der Waals surface area contributed by atoms with Crippen LogP contribution in [0.2, 0.25) is 0 Å². The van der Waals surface area contributed by atoms with Crippen LogP contribution in [0.1, 0.15) is 22.3 Å². The van der Waals surface area contributed by atoms with Gasteiger partial charge in [0.1, 0.15) is 12.1 Å². The van der Waals surface area contributed by atoms with Gasteiger partial charge in [0.25, 0.3) is 21.7 Å². The van der Waals surface area contributed by atoms with Gasteiger partial charge in [-0.15, -0.1) is 0 Å². The summed E-state index contributed by atoms with van der Waals surface area (Å²) >= 11 is 0. The van der Waals surface area contributed by atoms with Crippen molar-refractivity contribution in [2.45, 2.75) is 17.7 Å². The zero-order valence-electron chi connectivity index (χ0n) is 16.8. The molecule has 32 heavy (non-hydrogen) atoms. The van der Waals surface area contributed by atoms with Gasteiger partial charge in [-0.3, -0.25) is 9.52 Å². The van der Waals surface area contributed by atoms with Crippen molar-refractivity contribution in [1.29, 1.82) is 0 Å². The molecule has 4 aromatic rings. The summed E-state index contributed by atoms with van der Waals surface area (Å²) in [6.07, 6.45) is 6.43. The Balaban J connectivity index is 1.29. The normalized spacial score (nSPS) is 11.4. The van der Waals surface area contributed by atoms with E-state index in [2.05, 4.69) is 25.1 Å². The first kappa shape index (κ1) is 21.4. The molecule has 2 N–H and O–H groups in total. The number of nitrogens with zero attached hydrogens (tertiary/aromatic N) is 4. The number of hydrogen-bond acceptors (Lipinski definition) is 6. The van der Waals surface area contributed by atoms with E-state index in [9.17, 15) is 17.6 Å². The number of rotatable bonds is 8. The van der Waals surface area contributed by atoms with Crippen molar-refractivity contribution < 1.29 is 17.6 Å². The van der Waals surface area contributed by atoms with Crippen LogP contribution >= 0.6 is 0 Å². The van der Waals surface area contributed by atoms with Crippen LogP contribution in [0, 0.1) is 5.82 Å². The third kappa shape index (κ3) is 5.06. The smallest absolute Gasteiger partial charge is 0.261 e. The average Bonchev–Trinajstić information content (AvgIpc) is 3.25. The lowest BCUT2D eigenvalue weighted by molar-refractivity contribution is 0.0953. The molecule has 4 rings (SSSR count). The zero-order chi connectivity index (χ0) is 22.6. The Labute approximate surface area is 183 Å². The van der Waals surface area contributed by atoms with Gasteiger partial charge in [-0.05, 0) is 60.9 Å². The Bertz CT molecular complexity index is 1360. The summed E-state index contributed by atoms with van der Waals surface area (Å²) in [6, 6.07) is 10.7. The quantitative estimate of drug-likeness (QED) is 0.395. The molecular formula is C21H19FN6O3S. The molecule has 0 atom stereocenters. The van der Waals surface area contributed by atoms with Crippen molar-refractivity contribution in [3.05, 3.63) is 84.2 Å². The van der Waals surface area contributed by atoms with Gasteiger partial charge in [0.15, 0.2) is 0 Å². The van der Waals surface area contributed by atoms with E-state index in [0.29, 0.717) is 30.7 Å². The number of aromatic nitrogens is 4. The number of anilines is 1. The molecule has 9 nitrogen and oxygen atoms in total. The number of benzene rings is 2. The monoisotopic (exact) mass is 454 g/mol. The van der Waals surface area contributed by atoms with Crippen molar-refractivity contribution in [2.24, 2.45) is 0 Å². The van der Waals surface area contributed by atoms with E-state index in [-0.39, 0.29) is 16.5 Å². The minimum Gasteiger partial charge on any atom is -0.352 e. The average molecular weight is 454 g/mol. The third-order valence-corrected chi connectivity index (χ3v) is 6.00. The van der Waals surface area contributed by atoms with E-state index in [1.54, 1.807) is 10.7 Å². The topological polar surface area (TPSA) is 118 Å². The predicted molar refractivity (Wildman–Crippen MR) is 115 cm³/mol. The third-order valence-electron chi connectivity index (χ3n) is 4.62. The molecule has 0 radical (unpaired) electrons. The second kappa shape index (κ2) is 9.10.